The van der Waals surface area contributed by atoms with Crippen molar-refractivity contribution in [3.63, 3.8) is 0 Å². The first-order chi connectivity index (χ1) is 9.95. The first-order valence-corrected chi connectivity index (χ1v) is 7.72. The van der Waals surface area contributed by atoms with Crippen LogP contribution in [0, 0.1) is 10.1 Å². The molecule has 22 heavy (non-hydrogen) atoms. The number of ether oxygens (including phenoxy) is 2. The van der Waals surface area contributed by atoms with Gasteiger partial charge in [0.15, 0.2) is 16.4 Å². The fourth-order valence-corrected chi connectivity index (χ4v) is 3.04. The number of sulfonamides is 1. The number of halogens is 1. The number of nitrogens with one attached hydrogen (secondary N) is 1. The molecular weight excluding hydrogens is 338 g/mol. The van der Waals surface area contributed by atoms with E-state index in [1.165, 1.54) is 0 Å². The highest BCUT2D eigenvalue weighted by atomic mass is 35.5. The molecule has 1 aliphatic heterocycles. The van der Waals surface area contributed by atoms with E-state index in [2.05, 4.69) is 4.72 Å². The Labute approximate surface area is 133 Å². The van der Waals surface area contributed by atoms with E-state index >= 15 is 0 Å². The molecule has 3 N–H and O–H groups in total. The number of benzene rings is 1. The quantitative estimate of drug-likeness (QED) is 0.430. The van der Waals surface area contributed by atoms with E-state index in [1.807, 2.05) is 0 Å². The summed E-state index contributed by atoms with van der Waals surface area (Å²) in [6.45, 7) is 0.923. The Bertz CT molecular complexity index is 651. The van der Waals surface area contributed by atoms with Gasteiger partial charge in [0.1, 0.15) is 13.2 Å². The Balaban J connectivity index is 0.00000242. The Morgan fingerprint density at radius 3 is 2.41 bits per heavy atom. The summed E-state index contributed by atoms with van der Waals surface area (Å²) in [6.07, 6.45) is 0.428. The van der Waals surface area contributed by atoms with Gasteiger partial charge < -0.3 is 15.2 Å². The Hall–Kier alpha value is -1.62. The molecule has 1 aromatic rings. The van der Waals surface area contributed by atoms with Crippen LogP contribution in [0.2, 0.25) is 0 Å². The zero-order chi connectivity index (χ0) is 15.5. The lowest BCUT2D eigenvalue weighted by molar-refractivity contribution is -0.388. The van der Waals surface area contributed by atoms with Crippen molar-refractivity contribution in [1.29, 1.82) is 0 Å². The van der Waals surface area contributed by atoms with Gasteiger partial charge in [0.2, 0.25) is 10.0 Å². The van der Waals surface area contributed by atoms with Crippen LogP contribution in [0.15, 0.2) is 17.0 Å². The molecule has 2 rings (SSSR count). The van der Waals surface area contributed by atoms with Crippen molar-refractivity contribution in [3.05, 3.63) is 22.2 Å². The van der Waals surface area contributed by atoms with Crippen molar-refractivity contribution in [1.82, 2.24) is 4.72 Å². The third-order valence-electron chi connectivity index (χ3n) is 2.78. The van der Waals surface area contributed by atoms with Gasteiger partial charge in [0, 0.05) is 12.6 Å². The minimum Gasteiger partial charge on any atom is -0.486 e. The van der Waals surface area contributed by atoms with Crippen molar-refractivity contribution >= 4 is 28.1 Å². The van der Waals surface area contributed by atoms with Crippen LogP contribution < -0.4 is 19.9 Å². The second-order valence-corrected chi connectivity index (χ2v) is 6.00. The number of hydrogen-bond acceptors (Lipinski definition) is 7. The minimum atomic E-state index is -4.02. The Morgan fingerprint density at radius 1 is 1.27 bits per heavy atom. The number of hydrogen-bond donors (Lipinski definition) is 2. The molecular formula is C11H16ClN3O6S. The van der Waals surface area contributed by atoms with Crippen molar-refractivity contribution in [3.8, 4) is 11.5 Å². The molecule has 9 nitrogen and oxygen atoms in total. The summed E-state index contributed by atoms with van der Waals surface area (Å²) in [5, 5.41) is 11.1. The van der Waals surface area contributed by atoms with Gasteiger partial charge in [-0.25, -0.2) is 13.1 Å². The van der Waals surface area contributed by atoms with Crippen LogP contribution in [-0.4, -0.2) is 39.6 Å². The zero-order valence-electron chi connectivity index (χ0n) is 11.5. The van der Waals surface area contributed by atoms with Crippen LogP contribution in [-0.2, 0) is 10.0 Å². The topological polar surface area (TPSA) is 134 Å². The summed E-state index contributed by atoms with van der Waals surface area (Å²) in [5.74, 6) is 0.333. The first kappa shape index (κ1) is 18.4. The molecule has 0 saturated carbocycles. The number of rotatable bonds is 6. The maximum absolute atomic E-state index is 12.2. The van der Waals surface area contributed by atoms with Crippen molar-refractivity contribution in [2.75, 3.05) is 26.3 Å². The summed E-state index contributed by atoms with van der Waals surface area (Å²) in [6, 6.07) is 2.17. The van der Waals surface area contributed by atoms with Gasteiger partial charge in [0.25, 0.3) is 5.69 Å². The average Bonchev–Trinajstić information content (AvgIpc) is 2.46. The molecule has 0 aliphatic carbocycles. The van der Waals surface area contributed by atoms with Crippen LogP contribution in [0.25, 0.3) is 0 Å². The predicted octanol–water partition coefficient (Wildman–Crippen LogP) is 0.415. The second-order valence-electron chi connectivity index (χ2n) is 4.26. The highest BCUT2D eigenvalue weighted by molar-refractivity contribution is 7.89. The summed E-state index contributed by atoms with van der Waals surface area (Å²) in [7, 11) is -4.02. The van der Waals surface area contributed by atoms with E-state index in [0.717, 1.165) is 12.1 Å². The van der Waals surface area contributed by atoms with Gasteiger partial charge in [-0.1, -0.05) is 0 Å². The average molecular weight is 354 g/mol. The normalized spacial score (nSPS) is 13.3. The van der Waals surface area contributed by atoms with Crippen LogP contribution in [0.3, 0.4) is 0 Å². The molecule has 0 saturated heterocycles. The van der Waals surface area contributed by atoms with Crippen molar-refractivity contribution < 1.29 is 22.8 Å². The molecule has 11 heteroatoms. The van der Waals surface area contributed by atoms with Crippen molar-refractivity contribution in [2.45, 2.75) is 11.3 Å². The molecule has 0 bridgehead atoms. The third kappa shape index (κ3) is 3.97. The summed E-state index contributed by atoms with van der Waals surface area (Å²) < 4.78 is 37.1. The van der Waals surface area contributed by atoms with Crippen LogP contribution >= 0.6 is 12.4 Å². The maximum atomic E-state index is 12.2. The second kappa shape index (κ2) is 7.58. The highest BCUT2D eigenvalue weighted by Crippen LogP contribution is 2.38. The number of fused-ring (bicyclic) bond motifs is 1. The smallest absolute Gasteiger partial charge is 0.293 e. The fourth-order valence-electron chi connectivity index (χ4n) is 1.80. The first-order valence-electron chi connectivity index (χ1n) is 6.23. The predicted molar refractivity (Wildman–Crippen MR) is 80.2 cm³/mol. The van der Waals surface area contributed by atoms with Gasteiger partial charge in [-0.05, 0) is 13.0 Å². The lowest BCUT2D eigenvalue weighted by Gasteiger charge is -2.19. The minimum absolute atomic E-state index is 0. The molecule has 0 atom stereocenters. The number of nitrogens with two attached hydrogens (primary N) is 1. The number of nitro groups is 1. The van der Waals surface area contributed by atoms with Crippen LogP contribution in [0.4, 0.5) is 5.69 Å². The van der Waals surface area contributed by atoms with E-state index in [0.29, 0.717) is 13.0 Å². The summed E-state index contributed by atoms with van der Waals surface area (Å²) in [5.41, 5.74) is 4.73. The van der Waals surface area contributed by atoms with Gasteiger partial charge in [-0.15, -0.1) is 12.4 Å². The molecule has 0 amide bonds. The van der Waals surface area contributed by atoms with E-state index in [9.17, 15) is 18.5 Å². The fraction of sp³-hybridized carbons (Fsp3) is 0.455. The molecule has 0 spiro atoms. The molecule has 1 heterocycles. The standard InChI is InChI=1S/C11H15N3O6S.ClH/c12-2-1-3-13-21(17,18)11-7-10-9(19-4-5-20-10)6-8(11)14(15)16;/h6-7,13H,1-5,12H2;1H. The van der Waals surface area contributed by atoms with Crippen molar-refractivity contribution in [2.24, 2.45) is 5.73 Å². The summed E-state index contributed by atoms with van der Waals surface area (Å²) in [4.78, 5) is 9.86. The zero-order valence-corrected chi connectivity index (χ0v) is 13.1. The maximum Gasteiger partial charge on any atom is 0.293 e. The van der Waals surface area contributed by atoms with Crippen LogP contribution in [0.1, 0.15) is 6.42 Å². The Kier molecular flexibility index (Phi) is 6.35. The Morgan fingerprint density at radius 2 is 1.86 bits per heavy atom. The van der Waals surface area contributed by atoms with Gasteiger partial charge in [-0.3, -0.25) is 10.1 Å². The lowest BCUT2D eigenvalue weighted by Crippen LogP contribution is -2.27. The molecule has 1 aliphatic rings. The van der Waals surface area contributed by atoms with Gasteiger partial charge in [0.05, 0.1) is 11.0 Å². The van der Waals surface area contributed by atoms with Crippen LogP contribution in [0.5, 0.6) is 11.5 Å². The lowest BCUT2D eigenvalue weighted by atomic mass is 10.2. The summed E-state index contributed by atoms with van der Waals surface area (Å²) >= 11 is 0. The van der Waals surface area contributed by atoms with Gasteiger partial charge in [-0.2, -0.15) is 0 Å². The molecule has 124 valence electrons. The van der Waals surface area contributed by atoms with E-state index in [1.54, 1.807) is 0 Å². The third-order valence-corrected chi connectivity index (χ3v) is 4.27. The highest BCUT2D eigenvalue weighted by Gasteiger charge is 2.30. The van der Waals surface area contributed by atoms with Gasteiger partial charge >= 0.3 is 0 Å². The van der Waals surface area contributed by atoms with E-state index in [4.69, 9.17) is 15.2 Å². The van der Waals surface area contributed by atoms with E-state index in [-0.39, 0.29) is 43.7 Å². The molecule has 0 unspecified atom stereocenters. The SMILES string of the molecule is Cl.NCCCNS(=O)(=O)c1cc2c(cc1[N+](=O)[O-])OCCO2. The molecule has 1 aromatic carbocycles. The largest absolute Gasteiger partial charge is 0.486 e. The molecule has 0 aromatic heterocycles. The number of nitro benzene ring substituents is 1. The molecule has 0 radical (unpaired) electrons. The number of nitrogens with zero attached hydrogens (tertiary/aromatic N) is 1. The van der Waals surface area contributed by atoms with E-state index < -0.39 is 25.5 Å². The molecule has 0 fully saturated rings. The monoisotopic (exact) mass is 353 g/mol.